The van der Waals surface area contributed by atoms with Crippen LogP contribution in [0, 0.1) is 0 Å². The predicted molar refractivity (Wildman–Crippen MR) is 106 cm³/mol. The first-order valence-electron chi connectivity index (χ1n) is 8.60. The molecule has 0 saturated carbocycles. The van der Waals surface area contributed by atoms with Gasteiger partial charge in [0.25, 0.3) is 0 Å². The number of benzene rings is 2. The molecule has 2 aromatic carbocycles. The molecule has 2 heterocycles. The summed E-state index contributed by atoms with van der Waals surface area (Å²) in [5.41, 5.74) is 3.76. The van der Waals surface area contributed by atoms with Gasteiger partial charge in [0.2, 0.25) is 0 Å². The van der Waals surface area contributed by atoms with Crippen molar-refractivity contribution in [3.8, 4) is 5.75 Å². The first-order valence-corrected chi connectivity index (χ1v) is 9.40. The van der Waals surface area contributed by atoms with Gasteiger partial charge in [-0.2, -0.15) is 0 Å². The Morgan fingerprint density at radius 3 is 2.68 bits per heavy atom. The van der Waals surface area contributed by atoms with Gasteiger partial charge in [-0.05, 0) is 35.9 Å². The van der Waals surface area contributed by atoms with Crippen molar-refractivity contribution in [3.05, 3.63) is 58.7 Å². The molecule has 0 aliphatic carbocycles. The Bertz CT molecular complexity index is 868. The normalized spacial score (nSPS) is 15.7. The van der Waals surface area contributed by atoms with E-state index in [0.717, 1.165) is 42.9 Å². The number of H-pyrrole nitrogens is 1. The zero-order chi connectivity index (χ0) is 17.2. The van der Waals surface area contributed by atoms with Crippen molar-refractivity contribution < 1.29 is 4.74 Å². The fraction of sp³-hybridized carbons (Fsp3) is 0.300. The fourth-order valence-electron chi connectivity index (χ4n) is 3.56. The van der Waals surface area contributed by atoms with E-state index in [1.807, 2.05) is 12.1 Å². The Morgan fingerprint density at radius 2 is 1.88 bits per heavy atom. The molecule has 4 nitrogen and oxygen atoms in total. The number of fused-ring (bicyclic) bond motifs is 1. The molecule has 1 aromatic heterocycles. The van der Waals surface area contributed by atoms with E-state index in [2.05, 4.69) is 67.2 Å². The van der Waals surface area contributed by atoms with Gasteiger partial charge >= 0.3 is 0 Å². The summed E-state index contributed by atoms with van der Waals surface area (Å²) in [6, 6.07) is 14.7. The highest BCUT2D eigenvalue weighted by atomic mass is 79.9. The second kappa shape index (κ2) is 7.10. The number of hydrogen-bond acceptors (Lipinski definition) is 3. The first-order chi connectivity index (χ1) is 12.2. The van der Waals surface area contributed by atoms with Crippen LogP contribution in [0.5, 0.6) is 5.75 Å². The Labute approximate surface area is 156 Å². The molecule has 0 unspecified atom stereocenters. The molecule has 1 N–H and O–H groups in total. The number of nitrogens with zero attached hydrogens (tertiary/aromatic N) is 2. The van der Waals surface area contributed by atoms with Gasteiger partial charge in [0.15, 0.2) is 0 Å². The molecule has 4 rings (SSSR count). The molecule has 130 valence electrons. The summed E-state index contributed by atoms with van der Waals surface area (Å²) in [5, 5.41) is 1.31. The van der Waals surface area contributed by atoms with Gasteiger partial charge in [0.1, 0.15) is 5.75 Å². The zero-order valence-electron chi connectivity index (χ0n) is 14.3. The van der Waals surface area contributed by atoms with Gasteiger partial charge in [0, 0.05) is 54.3 Å². The van der Waals surface area contributed by atoms with E-state index in [9.17, 15) is 0 Å². The minimum absolute atomic E-state index is 0.956. The number of aromatic nitrogens is 1. The molecule has 0 amide bonds. The fourth-order valence-corrected chi connectivity index (χ4v) is 3.92. The van der Waals surface area contributed by atoms with Crippen molar-refractivity contribution in [1.29, 1.82) is 0 Å². The molecule has 0 spiro atoms. The number of aromatic amines is 1. The van der Waals surface area contributed by atoms with Crippen LogP contribution in [0.4, 0.5) is 5.69 Å². The lowest BCUT2D eigenvalue weighted by Gasteiger charge is -2.36. The smallest absolute Gasteiger partial charge is 0.142 e. The summed E-state index contributed by atoms with van der Waals surface area (Å²) < 4.78 is 6.63. The van der Waals surface area contributed by atoms with Crippen LogP contribution >= 0.6 is 15.9 Å². The summed E-state index contributed by atoms with van der Waals surface area (Å²) in [5.74, 6) is 0.956. The monoisotopic (exact) mass is 399 g/mol. The van der Waals surface area contributed by atoms with Crippen LogP contribution in [-0.2, 0) is 6.54 Å². The molecule has 1 aliphatic rings. The van der Waals surface area contributed by atoms with Crippen LogP contribution in [0.1, 0.15) is 5.56 Å². The average Bonchev–Trinajstić information content (AvgIpc) is 3.04. The number of methoxy groups -OCH3 is 1. The minimum atomic E-state index is 0.956. The summed E-state index contributed by atoms with van der Waals surface area (Å²) in [6.07, 6.45) is 2.14. The maximum atomic E-state index is 5.51. The number of halogens is 1. The second-order valence-corrected chi connectivity index (χ2v) is 7.35. The maximum absolute atomic E-state index is 5.51. The number of anilines is 1. The van der Waals surface area contributed by atoms with E-state index < -0.39 is 0 Å². The highest BCUT2D eigenvalue weighted by Crippen LogP contribution is 2.29. The van der Waals surface area contributed by atoms with Crippen molar-refractivity contribution in [2.24, 2.45) is 0 Å². The third kappa shape index (κ3) is 3.39. The topological polar surface area (TPSA) is 31.5 Å². The summed E-state index contributed by atoms with van der Waals surface area (Å²) in [4.78, 5) is 8.32. The lowest BCUT2D eigenvalue weighted by atomic mass is 10.1. The van der Waals surface area contributed by atoms with Crippen molar-refractivity contribution in [2.75, 3.05) is 38.2 Å². The molecule has 3 aromatic rings. The standard InChI is InChI=1S/C20H22BrN3O/c1-25-20-5-3-2-4-19(20)24-10-8-23(9-11-24)14-15-13-22-18-7-6-16(21)12-17(15)18/h2-7,12-13,22H,8-11,14H2,1H3. The van der Waals surface area contributed by atoms with E-state index >= 15 is 0 Å². The van der Waals surface area contributed by atoms with E-state index in [4.69, 9.17) is 4.74 Å². The highest BCUT2D eigenvalue weighted by Gasteiger charge is 2.20. The lowest BCUT2D eigenvalue weighted by Crippen LogP contribution is -2.46. The Morgan fingerprint density at radius 1 is 1.08 bits per heavy atom. The van der Waals surface area contributed by atoms with E-state index in [-0.39, 0.29) is 0 Å². The average molecular weight is 400 g/mol. The number of rotatable bonds is 4. The number of hydrogen-bond donors (Lipinski definition) is 1. The van der Waals surface area contributed by atoms with Crippen molar-refractivity contribution in [2.45, 2.75) is 6.54 Å². The summed E-state index contributed by atoms with van der Waals surface area (Å²) in [6.45, 7) is 5.13. The maximum Gasteiger partial charge on any atom is 0.142 e. The highest BCUT2D eigenvalue weighted by molar-refractivity contribution is 9.10. The quantitative estimate of drug-likeness (QED) is 0.710. The molecular formula is C20H22BrN3O. The van der Waals surface area contributed by atoms with Gasteiger partial charge in [-0.15, -0.1) is 0 Å². The third-order valence-corrected chi connectivity index (χ3v) is 5.41. The van der Waals surface area contributed by atoms with Crippen LogP contribution in [0.25, 0.3) is 10.9 Å². The molecule has 1 saturated heterocycles. The molecule has 0 bridgehead atoms. The Kier molecular flexibility index (Phi) is 4.68. The van der Waals surface area contributed by atoms with Gasteiger partial charge in [-0.25, -0.2) is 0 Å². The zero-order valence-corrected chi connectivity index (χ0v) is 15.9. The van der Waals surface area contributed by atoms with Gasteiger partial charge in [-0.1, -0.05) is 28.1 Å². The van der Waals surface area contributed by atoms with Crippen molar-refractivity contribution in [1.82, 2.24) is 9.88 Å². The lowest BCUT2D eigenvalue weighted by molar-refractivity contribution is 0.250. The molecule has 0 atom stereocenters. The van der Waals surface area contributed by atoms with Crippen LogP contribution in [-0.4, -0.2) is 43.2 Å². The number of piperazine rings is 1. The van der Waals surface area contributed by atoms with Crippen molar-refractivity contribution >= 4 is 32.5 Å². The molecular weight excluding hydrogens is 378 g/mol. The van der Waals surface area contributed by atoms with Crippen LogP contribution in [0.15, 0.2) is 53.1 Å². The molecule has 5 heteroatoms. The third-order valence-electron chi connectivity index (χ3n) is 4.92. The SMILES string of the molecule is COc1ccccc1N1CCN(Cc2c[nH]c3ccc(Br)cc23)CC1. The van der Waals surface area contributed by atoms with Crippen molar-refractivity contribution in [3.63, 3.8) is 0 Å². The largest absolute Gasteiger partial charge is 0.495 e. The van der Waals surface area contributed by atoms with Crippen LogP contribution < -0.4 is 9.64 Å². The molecule has 0 radical (unpaired) electrons. The summed E-state index contributed by atoms with van der Waals surface area (Å²) in [7, 11) is 1.74. The Balaban J connectivity index is 1.44. The minimum Gasteiger partial charge on any atom is -0.495 e. The van der Waals surface area contributed by atoms with E-state index in [1.165, 1.54) is 22.2 Å². The van der Waals surface area contributed by atoms with Gasteiger partial charge in [-0.3, -0.25) is 4.90 Å². The van der Waals surface area contributed by atoms with Crippen LogP contribution in [0.3, 0.4) is 0 Å². The predicted octanol–water partition coefficient (Wildman–Crippen LogP) is 4.26. The molecule has 25 heavy (non-hydrogen) atoms. The molecule has 1 aliphatic heterocycles. The first kappa shape index (κ1) is 16.5. The van der Waals surface area contributed by atoms with Gasteiger partial charge < -0.3 is 14.6 Å². The van der Waals surface area contributed by atoms with E-state index in [1.54, 1.807) is 7.11 Å². The van der Waals surface area contributed by atoms with Gasteiger partial charge in [0.05, 0.1) is 12.8 Å². The van der Waals surface area contributed by atoms with E-state index in [0.29, 0.717) is 0 Å². The second-order valence-electron chi connectivity index (χ2n) is 6.44. The summed E-state index contributed by atoms with van der Waals surface area (Å²) >= 11 is 3.58. The molecule has 1 fully saturated rings. The van der Waals surface area contributed by atoms with Crippen LogP contribution in [0.2, 0.25) is 0 Å². The Hall–Kier alpha value is -1.98. The number of ether oxygens (including phenoxy) is 1. The number of nitrogens with one attached hydrogen (secondary N) is 1. The number of para-hydroxylation sites is 2.